The zero-order chi connectivity index (χ0) is 22.9. The van der Waals surface area contributed by atoms with Gasteiger partial charge in [0.05, 0.1) is 6.54 Å². The third-order valence-corrected chi connectivity index (χ3v) is 6.81. The fourth-order valence-corrected chi connectivity index (χ4v) is 5.43. The molecular formula is C26H41N3O3. The Bertz CT molecular complexity index is 798. The van der Waals surface area contributed by atoms with E-state index >= 15 is 0 Å². The van der Waals surface area contributed by atoms with Gasteiger partial charge in [-0.2, -0.15) is 0 Å². The van der Waals surface area contributed by atoms with Gasteiger partial charge in [-0.1, -0.05) is 32.0 Å². The van der Waals surface area contributed by atoms with Gasteiger partial charge in [0.15, 0.2) is 0 Å². The lowest BCUT2D eigenvalue weighted by Gasteiger charge is -2.42. The fraction of sp³-hybridized carbons (Fsp3) is 0.731. The van der Waals surface area contributed by atoms with Crippen molar-refractivity contribution in [1.82, 2.24) is 15.1 Å². The molecule has 0 radical (unpaired) electrons. The Hall–Kier alpha value is -1.79. The summed E-state index contributed by atoms with van der Waals surface area (Å²) in [7, 11) is 0. The molecule has 0 bridgehead atoms. The highest BCUT2D eigenvalue weighted by molar-refractivity contribution is 5.68. The van der Waals surface area contributed by atoms with Gasteiger partial charge in [0.1, 0.15) is 17.0 Å². The van der Waals surface area contributed by atoms with Crippen molar-refractivity contribution in [3.63, 3.8) is 0 Å². The van der Waals surface area contributed by atoms with Crippen LogP contribution in [-0.2, 0) is 4.74 Å². The zero-order valence-electron chi connectivity index (χ0n) is 20.5. The molecule has 3 heterocycles. The third kappa shape index (κ3) is 5.57. The second-order valence-electron chi connectivity index (χ2n) is 11.4. The highest BCUT2D eigenvalue weighted by Crippen LogP contribution is 2.44. The van der Waals surface area contributed by atoms with E-state index in [9.17, 15) is 4.79 Å². The summed E-state index contributed by atoms with van der Waals surface area (Å²) in [5.74, 6) is 1.68. The summed E-state index contributed by atoms with van der Waals surface area (Å²) in [4.78, 5) is 17.1. The van der Waals surface area contributed by atoms with Crippen molar-refractivity contribution in [2.45, 2.75) is 83.6 Å². The standard InChI is InChI=1S/C26H41N3O3/c1-19(2)17-28-13-10-20(11-14-28)27-22-16-26(31-23-9-7-6-8-21(22)23)12-15-29(18-26)24(30)32-25(3,4)5/h6-9,19-20,22,27H,10-18H2,1-5H3/t22-,26+/m0/s1. The quantitative estimate of drug-likeness (QED) is 0.737. The Balaban J connectivity index is 1.43. The number of rotatable bonds is 4. The summed E-state index contributed by atoms with van der Waals surface area (Å²) >= 11 is 0. The van der Waals surface area contributed by atoms with E-state index in [0.29, 0.717) is 19.1 Å². The van der Waals surface area contributed by atoms with E-state index in [2.05, 4.69) is 42.3 Å². The van der Waals surface area contributed by atoms with E-state index < -0.39 is 5.60 Å². The Morgan fingerprint density at radius 2 is 1.94 bits per heavy atom. The molecular weight excluding hydrogens is 402 g/mol. The maximum Gasteiger partial charge on any atom is 0.410 e. The number of para-hydroxylation sites is 1. The van der Waals surface area contributed by atoms with Crippen molar-refractivity contribution in [1.29, 1.82) is 0 Å². The van der Waals surface area contributed by atoms with Gasteiger partial charge >= 0.3 is 6.09 Å². The molecule has 2 fully saturated rings. The molecule has 0 saturated carbocycles. The zero-order valence-corrected chi connectivity index (χ0v) is 20.5. The minimum Gasteiger partial charge on any atom is -0.485 e. The maximum atomic E-state index is 12.7. The van der Waals surface area contributed by atoms with Gasteiger partial charge in [0.25, 0.3) is 0 Å². The Labute approximate surface area is 193 Å². The minimum atomic E-state index is -0.485. The van der Waals surface area contributed by atoms with Crippen molar-refractivity contribution in [3.05, 3.63) is 29.8 Å². The van der Waals surface area contributed by atoms with Crippen LogP contribution >= 0.6 is 0 Å². The molecule has 2 saturated heterocycles. The molecule has 32 heavy (non-hydrogen) atoms. The van der Waals surface area contributed by atoms with Crippen LogP contribution in [0.3, 0.4) is 0 Å². The van der Waals surface area contributed by atoms with Crippen LogP contribution in [0.15, 0.2) is 24.3 Å². The van der Waals surface area contributed by atoms with Crippen molar-refractivity contribution in [3.8, 4) is 5.75 Å². The Kier molecular flexibility index (Phi) is 6.73. The molecule has 0 unspecified atom stereocenters. The molecule has 0 aliphatic carbocycles. The third-order valence-electron chi connectivity index (χ3n) is 6.81. The van der Waals surface area contributed by atoms with Crippen molar-refractivity contribution < 1.29 is 14.3 Å². The van der Waals surface area contributed by atoms with Crippen molar-refractivity contribution in [2.75, 3.05) is 32.7 Å². The predicted molar refractivity (Wildman–Crippen MR) is 127 cm³/mol. The second kappa shape index (κ2) is 9.22. The number of piperidine rings is 1. The number of benzene rings is 1. The molecule has 2 atom stereocenters. The number of hydrogen-bond acceptors (Lipinski definition) is 5. The monoisotopic (exact) mass is 443 g/mol. The van der Waals surface area contributed by atoms with Crippen LogP contribution < -0.4 is 10.1 Å². The van der Waals surface area contributed by atoms with Crippen LogP contribution in [0.2, 0.25) is 0 Å². The first kappa shape index (κ1) is 23.4. The smallest absolute Gasteiger partial charge is 0.410 e. The maximum absolute atomic E-state index is 12.7. The van der Waals surface area contributed by atoms with Gasteiger partial charge in [-0.05, 0) is 58.7 Å². The summed E-state index contributed by atoms with van der Waals surface area (Å²) in [6, 6.07) is 9.18. The van der Waals surface area contributed by atoms with Gasteiger partial charge in [-0.25, -0.2) is 4.79 Å². The summed E-state index contributed by atoms with van der Waals surface area (Å²) in [6.45, 7) is 15.1. The van der Waals surface area contributed by atoms with Crippen LogP contribution in [-0.4, -0.2) is 65.9 Å². The highest BCUT2D eigenvalue weighted by atomic mass is 16.6. The van der Waals surface area contributed by atoms with E-state index in [1.54, 1.807) is 0 Å². The Morgan fingerprint density at radius 3 is 2.62 bits per heavy atom. The number of ether oxygens (including phenoxy) is 2. The lowest BCUT2D eigenvalue weighted by molar-refractivity contribution is 0.0115. The number of likely N-dealkylation sites (tertiary alicyclic amines) is 2. The molecule has 1 aromatic rings. The first-order chi connectivity index (χ1) is 15.1. The number of nitrogens with one attached hydrogen (secondary N) is 1. The van der Waals surface area contributed by atoms with Gasteiger partial charge < -0.3 is 24.6 Å². The molecule has 1 spiro atoms. The average molecular weight is 444 g/mol. The normalized spacial score (nSPS) is 26.9. The lowest BCUT2D eigenvalue weighted by atomic mass is 9.85. The Morgan fingerprint density at radius 1 is 1.22 bits per heavy atom. The van der Waals surface area contributed by atoms with E-state index in [1.165, 1.54) is 24.9 Å². The number of carbonyl (C=O) groups is 1. The van der Waals surface area contributed by atoms with Crippen LogP contribution in [0.5, 0.6) is 5.75 Å². The predicted octanol–water partition coefficient (Wildman–Crippen LogP) is 4.60. The molecule has 1 N–H and O–H groups in total. The van der Waals surface area contributed by atoms with E-state index in [1.807, 2.05) is 31.7 Å². The van der Waals surface area contributed by atoms with E-state index in [-0.39, 0.29) is 17.7 Å². The largest absolute Gasteiger partial charge is 0.485 e. The van der Waals surface area contributed by atoms with Crippen LogP contribution in [0.4, 0.5) is 4.79 Å². The first-order valence-corrected chi connectivity index (χ1v) is 12.4. The molecule has 1 amide bonds. The van der Waals surface area contributed by atoms with Crippen molar-refractivity contribution >= 4 is 6.09 Å². The number of hydrogen-bond donors (Lipinski definition) is 1. The SMILES string of the molecule is CC(C)CN1CCC(N[C@H]2C[C@@]3(CCN(C(=O)OC(C)(C)C)C3)Oc3ccccc32)CC1. The molecule has 0 aromatic heterocycles. The molecule has 3 aliphatic heterocycles. The summed E-state index contributed by atoms with van der Waals surface area (Å²) < 4.78 is 12.2. The van der Waals surface area contributed by atoms with Crippen molar-refractivity contribution in [2.24, 2.45) is 5.92 Å². The number of carbonyl (C=O) groups excluding carboxylic acids is 1. The lowest BCUT2D eigenvalue weighted by Crippen LogP contribution is -2.50. The number of fused-ring (bicyclic) bond motifs is 1. The fourth-order valence-electron chi connectivity index (χ4n) is 5.43. The van der Waals surface area contributed by atoms with E-state index in [0.717, 1.165) is 37.6 Å². The molecule has 1 aromatic carbocycles. The first-order valence-electron chi connectivity index (χ1n) is 12.4. The summed E-state index contributed by atoms with van der Waals surface area (Å²) in [6.07, 6.45) is 3.85. The molecule has 3 aliphatic rings. The number of nitrogens with zero attached hydrogens (tertiary/aromatic N) is 2. The minimum absolute atomic E-state index is 0.237. The van der Waals surface area contributed by atoms with Gasteiger partial charge in [0.2, 0.25) is 0 Å². The molecule has 4 rings (SSSR count). The summed E-state index contributed by atoms with van der Waals surface area (Å²) in [5.41, 5.74) is 0.418. The molecule has 6 nitrogen and oxygen atoms in total. The van der Waals surface area contributed by atoms with Gasteiger partial charge in [-0.15, -0.1) is 0 Å². The van der Waals surface area contributed by atoms with Gasteiger partial charge in [0, 0.05) is 43.6 Å². The molecule has 6 heteroatoms. The van der Waals surface area contributed by atoms with Gasteiger partial charge in [-0.3, -0.25) is 0 Å². The summed E-state index contributed by atoms with van der Waals surface area (Å²) in [5, 5.41) is 3.98. The average Bonchev–Trinajstić information content (AvgIpc) is 3.11. The second-order valence-corrected chi connectivity index (χ2v) is 11.4. The topological polar surface area (TPSA) is 54.0 Å². The number of amides is 1. The van der Waals surface area contributed by atoms with E-state index in [4.69, 9.17) is 9.47 Å². The van der Waals surface area contributed by atoms with Crippen LogP contribution in [0, 0.1) is 5.92 Å². The molecule has 178 valence electrons. The highest BCUT2D eigenvalue weighted by Gasteiger charge is 2.48. The van der Waals surface area contributed by atoms with Crippen LogP contribution in [0.1, 0.15) is 71.9 Å². The van der Waals surface area contributed by atoms with Crippen LogP contribution in [0.25, 0.3) is 0 Å².